The molecule has 0 aromatic carbocycles. The third-order valence-electron chi connectivity index (χ3n) is 1.78. The molecule has 0 unspecified atom stereocenters. The molecule has 9 heavy (non-hydrogen) atoms. The number of halogens is 1. The van der Waals surface area contributed by atoms with E-state index in [1.54, 1.807) is 0 Å². The molecule has 0 spiro atoms. The van der Waals surface area contributed by atoms with Crippen molar-refractivity contribution in [1.29, 1.82) is 5.26 Å². The Balaban J connectivity index is 0.000000640. The predicted molar refractivity (Wildman–Crippen MR) is 38.2 cm³/mol. The first-order valence-corrected chi connectivity index (χ1v) is 2.93. The van der Waals surface area contributed by atoms with E-state index < -0.39 is 0 Å². The SMILES string of the molecule is Cl.N#CCC1(N)CCC1. The zero-order valence-corrected chi connectivity index (χ0v) is 6.08. The van der Waals surface area contributed by atoms with Crippen molar-refractivity contribution in [3.8, 4) is 6.07 Å². The van der Waals surface area contributed by atoms with Gasteiger partial charge in [0.2, 0.25) is 0 Å². The average molecular weight is 147 g/mol. The second kappa shape index (κ2) is 3.05. The standard InChI is InChI=1S/C6H10N2.ClH/c7-5-4-6(8)2-1-3-6;/h1-4,8H2;1H. The molecule has 0 saturated heterocycles. The lowest BCUT2D eigenvalue weighted by Gasteiger charge is -2.35. The Labute approximate surface area is 61.4 Å². The molecule has 0 heterocycles. The van der Waals surface area contributed by atoms with Crippen molar-refractivity contribution in [2.24, 2.45) is 5.73 Å². The first-order valence-electron chi connectivity index (χ1n) is 2.93. The van der Waals surface area contributed by atoms with Crippen molar-refractivity contribution in [3.05, 3.63) is 0 Å². The number of nitrogens with two attached hydrogens (primary N) is 1. The van der Waals surface area contributed by atoms with Crippen LogP contribution in [0.25, 0.3) is 0 Å². The fourth-order valence-electron chi connectivity index (χ4n) is 0.965. The van der Waals surface area contributed by atoms with Gasteiger partial charge in [-0.3, -0.25) is 0 Å². The summed E-state index contributed by atoms with van der Waals surface area (Å²) in [6.45, 7) is 0. The van der Waals surface area contributed by atoms with E-state index in [0.717, 1.165) is 12.8 Å². The maximum absolute atomic E-state index is 8.24. The van der Waals surface area contributed by atoms with Gasteiger partial charge >= 0.3 is 0 Å². The summed E-state index contributed by atoms with van der Waals surface area (Å²) < 4.78 is 0. The van der Waals surface area contributed by atoms with E-state index in [9.17, 15) is 0 Å². The molecule has 2 nitrogen and oxygen atoms in total. The molecule has 0 aromatic heterocycles. The van der Waals surface area contributed by atoms with Gasteiger partial charge in [-0.2, -0.15) is 5.26 Å². The fraction of sp³-hybridized carbons (Fsp3) is 0.833. The summed E-state index contributed by atoms with van der Waals surface area (Å²) in [4.78, 5) is 0. The minimum Gasteiger partial charge on any atom is -0.324 e. The average Bonchev–Trinajstić information content (AvgIpc) is 1.64. The number of hydrogen-bond acceptors (Lipinski definition) is 2. The van der Waals surface area contributed by atoms with Crippen LogP contribution in [-0.4, -0.2) is 5.54 Å². The summed E-state index contributed by atoms with van der Waals surface area (Å²) in [6, 6.07) is 2.09. The Morgan fingerprint density at radius 3 is 2.22 bits per heavy atom. The van der Waals surface area contributed by atoms with E-state index >= 15 is 0 Å². The third-order valence-corrected chi connectivity index (χ3v) is 1.78. The van der Waals surface area contributed by atoms with Crippen LogP contribution in [0.3, 0.4) is 0 Å². The van der Waals surface area contributed by atoms with Gasteiger partial charge in [-0.15, -0.1) is 12.4 Å². The fourth-order valence-corrected chi connectivity index (χ4v) is 0.965. The van der Waals surface area contributed by atoms with Crippen LogP contribution in [0.15, 0.2) is 0 Å². The molecule has 1 aliphatic rings. The van der Waals surface area contributed by atoms with E-state index in [1.165, 1.54) is 6.42 Å². The van der Waals surface area contributed by atoms with Gasteiger partial charge in [-0.1, -0.05) is 0 Å². The summed E-state index contributed by atoms with van der Waals surface area (Å²) in [7, 11) is 0. The van der Waals surface area contributed by atoms with Crippen LogP contribution in [-0.2, 0) is 0 Å². The van der Waals surface area contributed by atoms with Crippen LogP contribution >= 0.6 is 12.4 Å². The van der Waals surface area contributed by atoms with Gasteiger partial charge in [-0.25, -0.2) is 0 Å². The van der Waals surface area contributed by atoms with Gasteiger partial charge in [0.05, 0.1) is 12.5 Å². The number of nitrogens with zero attached hydrogens (tertiary/aromatic N) is 1. The quantitative estimate of drug-likeness (QED) is 0.605. The van der Waals surface area contributed by atoms with Gasteiger partial charge in [0.25, 0.3) is 0 Å². The lowest BCUT2D eigenvalue weighted by Crippen LogP contribution is -2.45. The van der Waals surface area contributed by atoms with Crippen molar-refractivity contribution in [2.75, 3.05) is 0 Å². The van der Waals surface area contributed by atoms with Crippen molar-refractivity contribution >= 4 is 12.4 Å². The minimum atomic E-state index is -0.0885. The maximum Gasteiger partial charge on any atom is 0.0641 e. The Morgan fingerprint density at radius 2 is 2.11 bits per heavy atom. The second-order valence-electron chi connectivity index (χ2n) is 2.55. The first kappa shape index (κ1) is 8.74. The zero-order chi connectivity index (χ0) is 6.04. The molecule has 2 N–H and O–H groups in total. The molecular formula is C6H11ClN2. The number of nitriles is 1. The summed E-state index contributed by atoms with van der Waals surface area (Å²) >= 11 is 0. The van der Waals surface area contributed by atoms with E-state index in [2.05, 4.69) is 6.07 Å². The van der Waals surface area contributed by atoms with Crippen LogP contribution in [0.4, 0.5) is 0 Å². The van der Waals surface area contributed by atoms with E-state index in [4.69, 9.17) is 11.0 Å². The topological polar surface area (TPSA) is 49.8 Å². The summed E-state index contributed by atoms with van der Waals surface area (Å²) in [6.07, 6.45) is 3.83. The number of hydrogen-bond donors (Lipinski definition) is 1. The van der Waals surface area contributed by atoms with Crippen molar-refractivity contribution in [3.63, 3.8) is 0 Å². The van der Waals surface area contributed by atoms with Crippen molar-refractivity contribution < 1.29 is 0 Å². The molecule has 0 radical (unpaired) electrons. The number of rotatable bonds is 1. The van der Waals surface area contributed by atoms with Gasteiger partial charge < -0.3 is 5.73 Å². The molecule has 0 aliphatic heterocycles. The molecule has 0 bridgehead atoms. The van der Waals surface area contributed by atoms with Crippen molar-refractivity contribution in [2.45, 2.75) is 31.2 Å². The zero-order valence-electron chi connectivity index (χ0n) is 5.26. The molecule has 52 valence electrons. The summed E-state index contributed by atoms with van der Waals surface area (Å²) in [5, 5.41) is 8.24. The van der Waals surface area contributed by atoms with Gasteiger partial charge in [0, 0.05) is 5.54 Å². The second-order valence-corrected chi connectivity index (χ2v) is 2.55. The lowest BCUT2D eigenvalue weighted by atomic mass is 9.76. The largest absolute Gasteiger partial charge is 0.324 e. The third kappa shape index (κ3) is 1.85. The van der Waals surface area contributed by atoms with E-state index in [0.29, 0.717) is 6.42 Å². The van der Waals surface area contributed by atoms with Crippen LogP contribution in [0.2, 0.25) is 0 Å². The lowest BCUT2D eigenvalue weighted by molar-refractivity contribution is 0.254. The normalized spacial score (nSPS) is 20.9. The van der Waals surface area contributed by atoms with E-state index in [1.807, 2.05) is 0 Å². The van der Waals surface area contributed by atoms with Crippen LogP contribution in [0, 0.1) is 11.3 Å². The summed E-state index contributed by atoms with van der Waals surface area (Å²) in [5.41, 5.74) is 5.60. The van der Waals surface area contributed by atoms with Gasteiger partial charge in [0.1, 0.15) is 0 Å². The van der Waals surface area contributed by atoms with Crippen LogP contribution in [0.5, 0.6) is 0 Å². The molecule has 0 atom stereocenters. The van der Waals surface area contributed by atoms with Gasteiger partial charge in [0.15, 0.2) is 0 Å². The minimum absolute atomic E-state index is 0. The molecular weight excluding hydrogens is 136 g/mol. The highest BCUT2D eigenvalue weighted by atomic mass is 35.5. The first-order chi connectivity index (χ1) is 3.77. The molecule has 1 saturated carbocycles. The Bertz CT molecular complexity index is 124. The molecule has 3 heteroatoms. The van der Waals surface area contributed by atoms with Crippen LogP contribution < -0.4 is 5.73 Å². The summed E-state index contributed by atoms with van der Waals surface area (Å²) in [5.74, 6) is 0. The Hall–Kier alpha value is -0.260. The Morgan fingerprint density at radius 1 is 1.56 bits per heavy atom. The van der Waals surface area contributed by atoms with Crippen molar-refractivity contribution in [1.82, 2.24) is 0 Å². The highest BCUT2D eigenvalue weighted by Crippen LogP contribution is 2.31. The highest BCUT2D eigenvalue weighted by Gasteiger charge is 2.31. The van der Waals surface area contributed by atoms with Gasteiger partial charge in [-0.05, 0) is 19.3 Å². The maximum atomic E-state index is 8.24. The van der Waals surface area contributed by atoms with Crippen LogP contribution in [0.1, 0.15) is 25.7 Å². The smallest absolute Gasteiger partial charge is 0.0641 e. The predicted octanol–water partition coefficient (Wildman–Crippen LogP) is 1.20. The molecule has 1 aliphatic carbocycles. The molecule has 1 fully saturated rings. The highest BCUT2D eigenvalue weighted by molar-refractivity contribution is 5.85. The molecule has 0 amide bonds. The monoisotopic (exact) mass is 146 g/mol. The molecule has 1 rings (SSSR count). The Kier molecular flexibility index (Phi) is 2.96. The van der Waals surface area contributed by atoms with E-state index in [-0.39, 0.29) is 17.9 Å². The molecule has 0 aromatic rings.